The van der Waals surface area contributed by atoms with Crippen molar-refractivity contribution < 1.29 is 9.53 Å². The molecule has 1 amide bonds. The maximum atomic E-state index is 12.8. The molecule has 0 bridgehead atoms. The lowest BCUT2D eigenvalue weighted by Gasteiger charge is -2.07. The lowest BCUT2D eigenvalue weighted by molar-refractivity contribution is 0.101. The second kappa shape index (κ2) is 7.30. The minimum atomic E-state index is -0.216. The number of halogens is 1. The molecule has 2 aromatic carbocycles. The Morgan fingerprint density at radius 2 is 2.04 bits per heavy atom. The van der Waals surface area contributed by atoms with Crippen molar-refractivity contribution in [2.24, 2.45) is 7.05 Å². The van der Waals surface area contributed by atoms with Gasteiger partial charge in [0.15, 0.2) is 5.13 Å². The summed E-state index contributed by atoms with van der Waals surface area (Å²) in [6.07, 6.45) is 0. The Kier molecular flexibility index (Phi) is 4.83. The fourth-order valence-electron chi connectivity index (χ4n) is 3.16. The number of hydrogen-bond acceptors (Lipinski definition) is 4. The lowest BCUT2D eigenvalue weighted by Crippen LogP contribution is -2.15. The first-order chi connectivity index (χ1) is 13.5. The van der Waals surface area contributed by atoms with Crippen LogP contribution in [-0.4, -0.2) is 22.6 Å². The van der Waals surface area contributed by atoms with E-state index in [1.54, 1.807) is 7.11 Å². The number of amides is 1. The molecule has 0 aliphatic rings. The molecule has 0 unspecified atom stereocenters. The van der Waals surface area contributed by atoms with Gasteiger partial charge in [-0.3, -0.25) is 10.1 Å². The van der Waals surface area contributed by atoms with Gasteiger partial charge in [0.1, 0.15) is 11.4 Å². The largest absolute Gasteiger partial charge is 0.496 e. The van der Waals surface area contributed by atoms with Crippen molar-refractivity contribution in [1.82, 2.24) is 9.55 Å². The molecule has 4 aromatic rings. The number of benzene rings is 2. The maximum absolute atomic E-state index is 12.8. The number of methoxy groups -OCH3 is 1. The van der Waals surface area contributed by atoms with Gasteiger partial charge in [0, 0.05) is 33.9 Å². The molecule has 142 valence electrons. The van der Waals surface area contributed by atoms with Crippen molar-refractivity contribution in [2.45, 2.75) is 6.92 Å². The first-order valence-electron chi connectivity index (χ1n) is 8.63. The zero-order chi connectivity index (χ0) is 19.8. The molecule has 4 rings (SSSR count). The molecule has 0 aliphatic heterocycles. The summed E-state index contributed by atoms with van der Waals surface area (Å²) in [5.41, 5.74) is 4.23. The molecule has 0 saturated heterocycles. The Hall–Kier alpha value is -2.83. The van der Waals surface area contributed by atoms with Crippen molar-refractivity contribution in [1.29, 1.82) is 0 Å². The van der Waals surface area contributed by atoms with Crippen LogP contribution >= 0.6 is 22.9 Å². The van der Waals surface area contributed by atoms with E-state index in [4.69, 9.17) is 16.3 Å². The van der Waals surface area contributed by atoms with Gasteiger partial charge in [-0.15, -0.1) is 11.3 Å². The van der Waals surface area contributed by atoms with Crippen LogP contribution in [0.2, 0.25) is 5.02 Å². The van der Waals surface area contributed by atoms with Crippen molar-refractivity contribution in [3.05, 3.63) is 64.1 Å². The summed E-state index contributed by atoms with van der Waals surface area (Å²) in [5.74, 6) is 0.534. The Morgan fingerprint density at radius 3 is 2.82 bits per heavy atom. The van der Waals surface area contributed by atoms with Crippen molar-refractivity contribution in [3.63, 3.8) is 0 Å². The highest BCUT2D eigenvalue weighted by atomic mass is 35.5. The third-order valence-corrected chi connectivity index (χ3v) is 5.59. The van der Waals surface area contributed by atoms with Crippen molar-refractivity contribution in [2.75, 3.05) is 12.4 Å². The number of rotatable bonds is 4. The summed E-state index contributed by atoms with van der Waals surface area (Å²) < 4.78 is 7.26. The standard InChI is InChI=1S/C21H18ClN3O2S/c1-12-4-7-19(27-3)15(8-12)16-11-28-21(23-16)24-20(26)18-9-13-5-6-14(22)10-17(13)25(18)2/h4-11H,1-3H3,(H,23,24,26). The van der Waals surface area contributed by atoms with Gasteiger partial charge in [-0.25, -0.2) is 4.98 Å². The molecule has 7 heteroatoms. The summed E-state index contributed by atoms with van der Waals surface area (Å²) in [6, 6.07) is 13.3. The van der Waals surface area contributed by atoms with Gasteiger partial charge in [0.05, 0.1) is 12.8 Å². The predicted molar refractivity (Wildman–Crippen MR) is 115 cm³/mol. The number of carbonyl (C=O) groups is 1. The highest BCUT2D eigenvalue weighted by Gasteiger charge is 2.16. The molecule has 2 heterocycles. The number of carbonyl (C=O) groups excluding carboxylic acids is 1. The summed E-state index contributed by atoms with van der Waals surface area (Å²) in [6.45, 7) is 2.02. The first-order valence-corrected chi connectivity index (χ1v) is 9.89. The van der Waals surface area contributed by atoms with E-state index in [1.807, 2.05) is 66.4 Å². The molecule has 28 heavy (non-hydrogen) atoms. The van der Waals surface area contributed by atoms with Crippen LogP contribution in [0, 0.1) is 6.92 Å². The molecule has 0 atom stereocenters. The van der Waals surface area contributed by atoms with Crippen molar-refractivity contribution in [3.8, 4) is 17.0 Å². The average molecular weight is 412 g/mol. The van der Waals surface area contributed by atoms with Crippen LogP contribution < -0.4 is 10.1 Å². The van der Waals surface area contributed by atoms with Gasteiger partial charge < -0.3 is 9.30 Å². The van der Waals surface area contributed by atoms with Crippen LogP contribution in [0.1, 0.15) is 16.1 Å². The Morgan fingerprint density at radius 1 is 1.21 bits per heavy atom. The number of fused-ring (bicyclic) bond motifs is 1. The van der Waals surface area contributed by atoms with Gasteiger partial charge in [0.2, 0.25) is 0 Å². The number of thiazole rings is 1. The van der Waals surface area contributed by atoms with E-state index in [1.165, 1.54) is 11.3 Å². The zero-order valence-corrected chi connectivity index (χ0v) is 17.2. The molecule has 2 aromatic heterocycles. The van der Waals surface area contributed by atoms with E-state index in [0.717, 1.165) is 33.5 Å². The fourth-order valence-corrected chi connectivity index (χ4v) is 4.03. The monoisotopic (exact) mass is 411 g/mol. The van der Waals surface area contributed by atoms with Crippen LogP contribution in [0.5, 0.6) is 5.75 Å². The van der Waals surface area contributed by atoms with E-state index in [2.05, 4.69) is 10.3 Å². The van der Waals surface area contributed by atoms with Gasteiger partial charge in [-0.1, -0.05) is 29.3 Å². The van der Waals surface area contributed by atoms with E-state index in [9.17, 15) is 4.79 Å². The predicted octanol–water partition coefficient (Wildman–Crippen LogP) is 5.52. The third kappa shape index (κ3) is 3.37. The minimum absolute atomic E-state index is 0.216. The van der Waals surface area contributed by atoms with Crippen molar-refractivity contribution >= 4 is 44.9 Å². The van der Waals surface area contributed by atoms with E-state index < -0.39 is 0 Å². The highest BCUT2D eigenvalue weighted by Crippen LogP contribution is 2.33. The second-order valence-corrected chi connectivity index (χ2v) is 7.78. The maximum Gasteiger partial charge on any atom is 0.274 e. The van der Waals surface area contributed by atoms with Gasteiger partial charge >= 0.3 is 0 Å². The Labute approximate surface area is 171 Å². The molecule has 0 saturated carbocycles. The summed E-state index contributed by atoms with van der Waals surface area (Å²) in [5, 5.41) is 6.93. The summed E-state index contributed by atoms with van der Waals surface area (Å²) >= 11 is 7.45. The third-order valence-electron chi connectivity index (χ3n) is 4.60. The van der Waals surface area contributed by atoms with Crippen LogP contribution in [0.4, 0.5) is 5.13 Å². The van der Waals surface area contributed by atoms with Crippen LogP contribution in [0.25, 0.3) is 22.2 Å². The van der Waals surface area contributed by atoms with Gasteiger partial charge in [-0.05, 0) is 37.3 Å². The molecular weight excluding hydrogens is 394 g/mol. The molecule has 0 radical (unpaired) electrons. The Bertz CT molecular complexity index is 1200. The SMILES string of the molecule is COc1ccc(C)cc1-c1csc(NC(=O)c2cc3ccc(Cl)cc3n2C)n1. The van der Waals surface area contributed by atoms with Crippen LogP contribution in [0.15, 0.2) is 47.8 Å². The quantitative estimate of drug-likeness (QED) is 0.480. The molecular formula is C21H18ClN3O2S. The topological polar surface area (TPSA) is 56.1 Å². The van der Waals surface area contributed by atoms with Crippen LogP contribution in [0.3, 0.4) is 0 Å². The number of anilines is 1. The van der Waals surface area contributed by atoms with Gasteiger partial charge in [-0.2, -0.15) is 0 Å². The summed E-state index contributed by atoms with van der Waals surface area (Å²) in [4.78, 5) is 17.4. The zero-order valence-electron chi connectivity index (χ0n) is 15.6. The first kappa shape index (κ1) is 18.5. The van der Waals surface area contributed by atoms with Gasteiger partial charge in [0.25, 0.3) is 5.91 Å². The molecule has 1 N–H and O–H groups in total. The Balaban J connectivity index is 1.62. The number of nitrogens with zero attached hydrogens (tertiary/aromatic N) is 2. The number of hydrogen-bond donors (Lipinski definition) is 1. The number of aromatic nitrogens is 2. The number of ether oxygens (including phenoxy) is 1. The smallest absolute Gasteiger partial charge is 0.274 e. The number of nitrogens with one attached hydrogen (secondary N) is 1. The van der Waals surface area contributed by atoms with Crippen LogP contribution in [-0.2, 0) is 7.05 Å². The fraction of sp³-hybridized carbons (Fsp3) is 0.143. The molecule has 0 fully saturated rings. The second-order valence-electron chi connectivity index (χ2n) is 6.49. The van der Waals surface area contributed by atoms with E-state index in [-0.39, 0.29) is 5.91 Å². The lowest BCUT2D eigenvalue weighted by atomic mass is 10.1. The van der Waals surface area contributed by atoms with E-state index in [0.29, 0.717) is 15.8 Å². The highest BCUT2D eigenvalue weighted by molar-refractivity contribution is 7.14. The molecule has 0 aliphatic carbocycles. The summed E-state index contributed by atoms with van der Waals surface area (Å²) in [7, 11) is 3.48. The minimum Gasteiger partial charge on any atom is -0.496 e. The van der Waals surface area contributed by atoms with E-state index >= 15 is 0 Å². The molecule has 5 nitrogen and oxygen atoms in total. The number of aryl methyl sites for hydroxylation is 2. The average Bonchev–Trinajstić information content (AvgIpc) is 3.26. The normalized spacial score (nSPS) is 11.0. The molecule has 0 spiro atoms.